The summed E-state index contributed by atoms with van der Waals surface area (Å²) < 4.78 is 33.7. The molecule has 1 fully saturated rings. The van der Waals surface area contributed by atoms with Crippen molar-refractivity contribution in [2.45, 2.75) is 58.0 Å². The second-order valence-electron chi connectivity index (χ2n) is 7.45. The van der Waals surface area contributed by atoms with Crippen LogP contribution in [0.4, 0.5) is 8.78 Å². The zero-order chi connectivity index (χ0) is 18.5. The van der Waals surface area contributed by atoms with Crippen LogP contribution in [0.5, 0.6) is 0 Å². The SMILES string of the molecule is CCCC1CCC(c2ccccc2-c2cc(F)c(COC)c(F)c2)CC1. The Hall–Kier alpha value is -1.74. The van der Waals surface area contributed by atoms with Crippen molar-refractivity contribution in [2.24, 2.45) is 5.92 Å². The first-order valence-electron chi connectivity index (χ1n) is 9.70. The molecule has 2 aromatic rings. The Balaban J connectivity index is 1.89. The van der Waals surface area contributed by atoms with Crippen molar-refractivity contribution in [3.05, 3.63) is 59.2 Å². The van der Waals surface area contributed by atoms with Gasteiger partial charge in [-0.2, -0.15) is 0 Å². The molecule has 0 heterocycles. The minimum absolute atomic E-state index is 0.00574. The van der Waals surface area contributed by atoms with Gasteiger partial charge in [0.25, 0.3) is 0 Å². The first kappa shape index (κ1) is 19.0. The lowest BCUT2D eigenvalue weighted by Crippen LogP contribution is -2.14. The van der Waals surface area contributed by atoms with Gasteiger partial charge in [-0.25, -0.2) is 8.78 Å². The number of methoxy groups -OCH3 is 1. The molecular weight excluding hydrogens is 330 g/mol. The molecule has 140 valence electrons. The number of ether oxygens (including phenoxy) is 1. The maximum Gasteiger partial charge on any atom is 0.132 e. The number of rotatable bonds is 6. The normalized spacial score (nSPS) is 20.3. The number of hydrogen-bond acceptors (Lipinski definition) is 1. The molecule has 1 nitrogen and oxygen atoms in total. The molecule has 0 unspecified atom stereocenters. The van der Waals surface area contributed by atoms with Crippen LogP contribution in [0.25, 0.3) is 11.1 Å². The molecule has 2 aromatic carbocycles. The molecular formula is C23H28F2O. The predicted octanol–water partition coefficient (Wildman–Crippen LogP) is 6.85. The largest absolute Gasteiger partial charge is 0.380 e. The topological polar surface area (TPSA) is 9.23 Å². The maximum atomic E-state index is 14.4. The van der Waals surface area contributed by atoms with Crippen LogP contribution in [0.1, 0.15) is 62.5 Å². The zero-order valence-electron chi connectivity index (χ0n) is 15.7. The van der Waals surface area contributed by atoms with Crippen molar-refractivity contribution in [3.63, 3.8) is 0 Å². The van der Waals surface area contributed by atoms with Gasteiger partial charge in [0.1, 0.15) is 11.6 Å². The van der Waals surface area contributed by atoms with Crippen LogP contribution in [0, 0.1) is 17.6 Å². The molecule has 0 aliphatic heterocycles. The monoisotopic (exact) mass is 358 g/mol. The summed E-state index contributed by atoms with van der Waals surface area (Å²) in [6, 6.07) is 11.0. The second kappa shape index (κ2) is 8.77. The highest BCUT2D eigenvalue weighted by atomic mass is 19.1. The summed E-state index contributed by atoms with van der Waals surface area (Å²) in [5.41, 5.74) is 2.79. The number of hydrogen-bond donors (Lipinski definition) is 0. The fraction of sp³-hybridized carbons (Fsp3) is 0.478. The number of benzene rings is 2. The Labute approximate surface area is 155 Å². The van der Waals surface area contributed by atoms with Gasteiger partial charge in [0.2, 0.25) is 0 Å². The van der Waals surface area contributed by atoms with Crippen molar-refractivity contribution in [1.29, 1.82) is 0 Å². The smallest absolute Gasteiger partial charge is 0.132 e. The van der Waals surface area contributed by atoms with E-state index in [2.05, 4.69) is 13.0 Å². The van der Waals surface area contributed by atoms with E-state index in [0.29, 0.717) is 11.5 Å². The van der Waals surface area contributed by atoms with E-state index in [-0.39, 0.29) is 12.2 Å². The summed E-state index contributed by atoms with van der Waals surface area (Å²) in [5.74, 6) is 0.238. The third kappa shape index (κ3) is 4.15. The van der Waals surface area contributed by atoms with Crippen LogP contribution in [-0.2, 0) is 11.3 Å². The highest BCUT2D eigenvalue weighted by Crippen LogP contribution is 2.41. The third-order valence-corrected chi connectivity index (χ3v) is 5.69. The fourth-order valence-electron chi connectivity index (χ4n) is 4.33. The highest BCUT2D eigenvalue weighted by Gasteiger charge is 2.24. The molecule has 0 atom stereocenters. The van der Waals surface area contributed by atoms with Gasteiger partial charge >= 0.3 is 0 Å². The Morgan fingerprint density at radius 3 is 2.27 bits per heavy atom. The van der Waals surface area contributed by atoms with E-state index >= 15 is 0 Å². The van der Waals surface area contributed by atoms with Crippen molar-refractivity contribution < 1.29 is 13.5 Å². The van der Waals surface area contributed by atoms with Gasteiger partial charge in [0, 0.05) is 12.7 Å². The van der Waals surface area contributed by atoms with Crippen LogP contribution in [0.2, 0.25) is 0 Å². The first-order valence-corrected chi connectivity index (χ1v) is 9.70. The first-order chi connectivity index (χ1) is 12.6. The lowest BCUT2D eigenvalue weighted by molar-refractivity contribution is 0.177. The molecule has 0 aromatic heterocycles. The van der Waals surface area contributed by atoms with Gasteiger partial charge in [0.05, 0.1) is 6.61 Å². The zero-order valence-corrected chi connectivity index (χ0v) is 15.7. The molecule has 26 heavy (non-hydrogen) atoms. The molecule has 1 aliphatic rings. The van der Waals surface area contributed by atoms with E-state index < -0.39 is 11.6 Å². The highest BCUT2D eigenvalue weighted by molar-refractivity contribution is 5.68. The van der Waals surface area contributed by atoms with Crippen molar-refractivity contribution in [2.75, 3.05) is 7.11 Å². The lowest BCUT2D eigenvalue weighted by Gasteiger charge is -2.30. The second-order valence-corrected chi connectivity index (χ2v) is 7.45. The van der Waals surface area contributed by atoms with Gasteiger partial charge < -0.3 is 4.74 Å². The van der Waals surface area contributed by atoms with E-state index in [1.54, 1.807) is 0 Å². The van der Waals surface area contributed by atoms with Gasteiger partial charge in [-0.05, 0) is 66.3 Å². The predicted molar refractivity (Wildman–Crippen MR) is 102 cm³/mol. The average molecular weight is 358 g/mol. The molecule has 3 rings (SSSR count). The summed E-state index contributed by atoms with van der Waals surface area (Å²) in [6.07, 6.45) is 7.39. The lowest BCUT2D eigenvalue weighted by atomic mass is 9.75. The number of halogens is 2. The van der Waals surface area contributed by atoms with E-state index in [9.17, 15) is 8.78 Å². The minimum Gasteiger partial charge on any atom is -0.380 e. The molecule has 0 radical (unpaired) electrons. The Morgan fingerprint density at radius 1 is 1.00 bits per heavy atom. The van der Waals surface area contributed by atoms with Crippen molar-refractivity contribution in [3.8, 4) is 11.1 Å². The summed E-state index contributed by atoms with van der Waals surface area (Å²) >= 11 is 0. The standard InChI is InChI=1S/C23H28F2O/c1-3-6-16-9-11-17(12-10-16)19-7-4-5-8-20(19)18-13-22(24)21(15-26-2)23(25)14-18/h4-5,7-8,13-14,16-17H,3,6,9-12,15H2,1-2H3. The molecule has 0 bridgehead atoms. The average Bonchev–Trinajstić information content (AvgIpc) is 2.65. The van der Waals surface area contributed by atoms with Gasteiger partial charge in [-0.3, -0.25) is 0 Å². The van der Waals surface area contributed by atoms with E-state index in [4.69, 9.17) is 4.74 Å². The Kier molecular flexibility index (Phi) is 6.42. The summed E-state index contributed by atoms with van der Waals surface area (Å²) in [7, 11) is 1.44. The summed E-state index contributed by atoms with van der Waals surface area (Å²) in [4.78, 5) is 0. The van der Waals surface area contributed by atoms with Crippen LogP contribution in [0.15, 0.2) is 36.4 Å². The minimum atomic E-state index is -0.539. The van der Waals surface area contributed by atoms with Gasteiger partial charge in [-0.1, -0.05) is 44.0 Å². The van der Waals surface area contributed by atoms with Gasteiger partial charge in [-0.15, -0.1) is 0 Å². The van der Waals surface area contributed by atoms with Crippen LogP contribution >= 0.6 is 0 Å². The van der Waals surface area contributed by atoms with Crippen molar-refractivity contribution >= 4 is 0 Å². The fourth-order valence-corrected chi connectivity index (χ4v) is 4.33. The summed E-state index contributed by atoms with van der Waals surface area (Å²) in [5, 5.41) is 0. The quantitative estimate of drug-likeness (QED) is 0.548. The van der Waals surface area contributed by atoms with E-state index in [1.165, 1.54) is 50.5 Å². The van der Waals surface area contributed by atoms with E-state index in [0.717, 1.165) is 24.3 Å². The van der Waals surface area contributed by atoms with Crippen molar-refractivity contribution in [1.82, 2.24) is 0 Å². The van der Waals surface area contributed by atoms with Gasteiger partial charge in [0.15, 0.2) is 0 Å². The Morgan fingerprint density at radius 2 is 1.65 bits per heavy atom. The molecule has 0 amide bonds. The van der Waals surface area contributed by atoms with Crippen LogP contribution in [-0.4, -0.2) is 7.11 Å². The van der Waals surface area contributed by atoms with Crippen LogP contribution in [0.3, 0.4) is 0 Å². The maximum absolute atomic E-state index is 14.4. The molecule has 0 spiro atoms. The summed E-state index contributed by atoms with van der Waals surface area (Å²) in [6.45, 7) is 2.19. The molecule has 0 saturated heterocycles. The van der Waals surface area contributed by atoms with Crippen LogP contribution < -0.4 is 0 Å². The molecule has 1 aliphatic carbocycles. The molecule has 0 N–H and O–H groups in total. The third-order valence-electron chi connectivity index (χ3n) is 5.69. The molecule has 1 saturated carbocycles. The molecule has 3 heteroatoms. The Bertz CT molecular complexity index is 710. The van der Waals surface area contributed by atoms with E-state index in [1.807, 2.05) is 18.2 Å².